The summed E-state index contributed by atoms with van der Waals surface area (Å²) in [4.78, 5) is 12.6. The summed E-state index contributed by atoms with van der Waals surface area (Å²) in [6.45, 7) is 5.53. The molecule has 3 nitrogen and oxygen atoms in total. The Morgan fingerprint density at radius 1 is 0.963 bits per heavy atom. The summed E-state index contributed by atoms with van der Waals surface area (Å²) in [7, 11) is 0. The van der Waals surface area contributed by atoms with E-state index in [0.29, 0.717) is 11.1 Å². The zero-order chi connectivity index (χ0) is 19.6. The van der Waals surface area contributed by atoms with Gasteiger partial charge >= 0.3 is 0 Å². The molecule has 4 heteroatoms. The van der Waals surface area contributed by atoms with Gasteiger partial charge in [0.1, 0.15) is 11.5 Å². The van der Waals surface area contributed by atoms with Gasteiger partial charge in [0.2, 0.25) is 0 Å². The molecule has 2 N–H and O–H groups in total. The number of thioether (sulfide) groups is 1. The SMILES string of the molecule is CCSc1c(C)c(-c2ccccc2)cc(O)c1-c1ccc(C(C)=O)c(O)c1. The van der Waals surface area contributed by atoms with Crippen molar-refractivity contribution in [3.63, 3.8) is 0 Å². The second kappa shape index (κ2) is 7.89. The molecule has 0 fully saturated rings. The lowest BCUT2D eigenvalue weighted by Gasteiger charge is -2.18. The summed E-state index contributed by atoms with van der Waals surface area (Å²) < 4.78 is 0. The minimum atomic E-state index is -0.193. The van der Waals surface area contributed by atoms with Crippen LogP contribution in [0.2, 0.25) is 0 Å². The molecule has 0 aromatic heterocycles. The third-order valence-corrected chi connectivity index (χ3v) is 5.64. The minimum absolute atomic E-state index is 0.0726. The molecule has 0 amide bonds. The number of phenols is 2. The Kier molecular flexibility index (Phi) is 5.57. The molecule has 0 saturated carbocycles. The number of carbonyl (C=O) groups is 1. The first-order valence-corrected chi connectivity index (χ1v) is 9.81. The fraction of sp³-hybridized carbons (Fsp3) is 0.174. The quantitative estimate of drug-likeness (QED) is 0.419. The molecule has 0 atom stereocenters. The fourth-order valence-corrected chi connectivity index (χ4v) is 4.23. The maximum atomic E-state index is 11.6. The Bertz CT molecular complexity index is 994. The molecule has 27 heavy (non-hydrogen) atoms. The van der Waals surface area contributed by atoms with Crippen LogP contribution in [0.5, 0.6) is 11.5 Å². The van der Waals surface area contributed by atoms with E-state index in [2.05, 4.69) is 6.92 Å². The lowest BCUT2D eigenvalue weighted by atomic mass is 9.93. The maximum Gasteiger partial charge on any atom is 0.163 e. The summed E-state index contributed by atoms with van der Waals surface area (Å²) in [6.07, 6.45) is 0. The Morgan fingerprint density at radius 3 is 2.26 bits per heavy atom. The Hall–Kier alpha value is -2.72. The number of ketones is 1. The van der Waals surface area contributed by atoms with Crippen molar-refractivity contribution in [1.82, 2.24) is 0 Å². The smallest absolute Gasteiger partial charge is 0.163 e. The molecule has 0 saturated heterocycles. The zero-order valence-corrected chi connectivity index (χ0v) is 16.4. The predicted octanol–water partition coefficient (Wildman–Crippen LogP) is 6.05. The van der Waals surface area contributed by atoms with Crippen LogP contribution in [-0.4, -0.2) is 21.7 Å². The van der Waals surface area contributed by atoms with Crippen LogP contribution < -0.4 is 0 Å². The fourth-order valence-electron chi connectivity index (χ4n) is 3.25. The van der Waals surface area contributed by atoms with Crippen molar-refractivity contribution in [2.75, 3.05) is 5.75 Å². The first-order valence-electron chi connectivity index (χ1n) is 8.83. The predicted molar refractivity (Wildman–Crippen MR) is 112 cm³/mol. The number of hydrogen-bond donors (Lipinski definition) is 2. The average molecular weight is 378 g/mol. The van der Waals surface area contributed by atoms with E-state index in [-0.39, 0.29) is 22.8 Å². The van der Waals surface area contributed by atoms with Crippen LogP contribution in [0.4, 0.5) is 0 Å². The van der Waals surface area contributed by atoms with Gasteiger partial charge in [-0.25, -0.2) is 0 Å². The number of rotatable bonds is 5. The maximum absolute atomic E-state index is 11.6. The van der Waals surface area contributed by atoms with Gasteiger partial charge in [0.25, 0.3) is 0 Å². The first kappa shape index (κ1) is 19.1. The van der Waals surface area contributed by atoms with Gasteiger partial charge in [-0.1, -0.05) is 43.3 Å². The topological polar surface area (TPSA) is 57.5 Å². The van der Waals surface area contributed by atoms with Gasteiger partial charge in [-0.05, 0) is 60.1 Å². The molecule has 0 aliphatic heterocycles. The Balaban J connectivity index is 2.23. The Labute approximate surface area is 163 Å². The van der Waals surface area contributed by atoms with Crippen molar-refractivity contribution >= 4 is 17.5 Å². The standard InChI is InChI=1S/C23H22O3S/c1-4-27-23-14(2)19(16-8-6-5-7-9-16)13-21(26)22(23)17-10-11-18(15(3)24)20(25)12-17/h5-13,25-26H,4H2,1-3H3. The van der Waals surface area contributed by atoms with Gasteiger partial charge in [-0.3, -0.25) is 4.79 Å². The number of aromatic hydroxyl groups is 2. The third kappa shape index (κ3) is 3.71. The summed E-state index contributed by atoms with van der Waals surface area (Å²) in [5, 5.41) is 21.1. The molecular formula is C23H22O3S. The molecule has 0 heterocycles. The van der Waals surface area contributed by atoms with E-state index in [9.17, 15) is 15.0 Å². The van der Waals surface area contributed by atoms with Gasteiger partial charge in [0, 0.05) is 10.5 Å². The van der Waals surface area contributed by atoms with E-state index >= 15 is 0 Å². The highest BCUT2D eigenvalue weighted by molar-refractivity contribution is 7.99. The molecule has 138 valence electrons. The van der Waals surface area contributed by atoms with Crippen LogP contribution in [0.3, 0.4) is 0 Å². The van der Waals surface area contributed by atoms with Crippen molar-refractivity contribution in [2.24, 2.45) is 0 Å². The second-order valence-corrected chi connectivity index (χ2v) is 7.63. The highest BCUT2D eigenvalue weighted by atomic mass is 32.2. The van der Waals surface area contributed by atoms with E-state index in [1.807, 2.05) is 37.3 Å². The van der Waals surface area contributed by atoms with Crippen LogP contribution >= 0.6 is 11.8 Å². The van der Waals surface area contributed by atoms with Crippen molar-refractivity contribution in [3.05, 3.63) is 65.7 Å². The van der Waals surface area contributed by atoms with Gasteiger partial charge < -0.3 is 10.2 Å². The second-order valence-electron chi connectivity index (χ2n) is 6.36. The van der Waals surface area contributed by atoms with Gasteiger partial charge in [-0.2, -0.15) is 0 Å². The largest absolute Gasteiger partial charge is 0.507 e. The van der Waals surface area contributed by atoms with Crippen molar-refractivity contribution < 1.29 is 15.0 Å². The van der Waals surface area contributed by atoms with Crippen LogP contribution in [0.1, 0.15) is 29.8 Å². The number of benzene rings is 3. The number of carbonyl (C=O) groups excluding carboxylic acids is 1. The molecule has 0 bridgehead atoms. The van der Waals surface area contributed by atoms with Crippen LogP contribution in [0.25, 0.3) is 22.3 Å². The third-order valence-electron chi connectivity index (χ3n) is 4.55. The molecule has 0 radical (unpaired) electrons. The van der Waals surface area contributed by atoms with Crippen molar-refractivity contribution in [3.8, 4) is 33.8 Å². The van der Waals surface area contributed by atoms with E-state index in [1.165, 1.54) is 6.92 Å². The number of hydrogen-bond acceptors (Lipinski definition) is 4. The molecule has 0 aliphatic carbocycles. The molecule has 3 aromatic rings. The monoisotopic (exact) mass is 378 g/mol. The normalized spacial score (nSPS) is 10.8. The van der Waals surface area contributed by atoms with Crippen molar-refractivity contribution in [1.29, 1.82) is 0 Å². The highest BCUT2D eigenvalue weighted by Gasteiger charge is 2.19. The van der Waals surface area contributed by atoms with E-state index in [4.69, 9.17) is 0 Å². The minimum Gasteiger partial charge on any atom is -0.507 e. The lowest BCUT2D eigenvalue weighted by molar-refractivity contribution is 0.101. The van der Waals surface area contributed by atoms with E-state index in [0.717, 1.165) is 27.3 Å². The lowest BCUT2D eigenvalue weighted by Crippen LogP contribution is -1.95. The summed E-state index contributed by atoms with van der Waals surface area (Å²) in [5.41, 5.74) is 4.76. The summed E-state index contributed by atoms with van der Waals surface area (Å²) in [6, 6.07) is 16.7. The number of Topliss-reactive ketones (excluding diaryl/α,β-unsaturated/α-hetero) is 1. The number of phenolic OH excluding ortho intramolecular Hbond substituents is 2. The Morgan fingerprint density at radius 2 is 1.67 bits per heavy atom. The zero-order valence-electron chi connectivity index (χ0n) is 15.6. The van der Waals surface area contributed by atoms with E-state index in [1.54, 1.807) is 36.0 Å². The first-order chi connectivity index (χ1) is 12.9. The van der Waals surface area contributed by atoms with Gasteiger partial charge in [-0.15, -0.1) is 11.8 Å². The average Bonchev–Trinajstić information content (AvgIpc) is 2.65. The van der Waals surface area contributed by atoms with Gasteiger partial charge in [0.05, 0.1) is 5.56 Å². The summed E-state index contributed by atoms with van der Waals surface area (Å²) >= 11 is 1.65. The summed E-state index contributed by atoms with van der Waals surface area (Å²) in [5.74, 6) is 0.743. The van der Waals surface area contributed by atoms with Crippen molar-refractivity contribution in [2.45, 2.75) is 25.7 Å². The molecule has 3 aromatic carbocycles. The van der Waals surface area contributed by atoms with Crippen LogP contribution in [0, 0.1) is 6.92 Å². The molecule has 0 spiro atoms. The van der Waals surface area contributed by atoms with Gasteiger partial charge in [0.15, 0.2) is 5.78 Å². The van der Waals surface area contributed by atoms with E-state index < -0.39 is 0 Å². The molecule has 0 aliphatic rings. The molecular weight excluding hydrogens is 356 g/mol. The molecule has 3 rings (SSSR count). The molecule has 0 unspecified atom stereocenters. The highest BCUT2D eigenvalue weighted by Crippen LogP contribution is 2.45. The van der Waals surface area contributed by atoms with Crippen LogP contribution in [-0.2, 0) is 0 Å². The van der Waals surface area contributed by atoms with Crippen LogP contribution in [0.15, 0.2) is 59.5 Å².